The lowest BCUT2D eigenvalue weighted by molar-refractivity contribution is -0.417. The number of hydrogen-bond acceptors (Lipinski definition) is 5. The highest BCUT2D eigenvalue weighted by atomic mass is 16.6. The van der Waals surface area contributed by atoms with E-state index >= 15 is 0 Å². The SMILES string of the molecule is NC(C(=O)O)=C(C(=O)c1ccccc1)[N+](=O)[O-]. The van der Waals surface area contributed by atoms with Crippen molar-refractivity contribution >= 4 is 11.8 Å². The van der Waals surface area contributed by atoms with Crippen molar-refractivity contribution in [3.63, 3.8) is 0 Å². The summed E-state index contributed by atoms with van der Waals surface area (Å²) in [6.45, 7) is 0. The number of nitrogens with two attached hydrogens (primary N) is 1. The zero-order chi connectivity index (χ0) is 13.0. The minimum Gasteiger partial charge on any atom is -0.476 e. The van der Waals surface area contributed by atoms with Gasteiger partial charge in [0.25, 0.3) is 5.78 Å². The molecule has 0 aliphatic rings. The monoisotopic (exact) mass is 236 g/mol. The normalized spacial score (nSPS) is 11.5. The van der Waals surface area contributed by atoms with E-state index in [0.717, 1.165) is 0 Å². The zero-order valence-corrected chi connectivity index (χ0v) is 8.49. The molecule has 0 atom stereocenters. The second-order valence-electron chi connectivity index (χ2n) is 3.02. The average Bonchev–Trinajstić information content (AvgIpc) is 2.29. The summed E-state index contributed by atoms with van der Waals surface area (Å²) in [5.74, 6) is -2.74. The van der Waals surface area contributed by atoms with E-state index in [-0.39, 0.29) is 5.56 Å². The van der Waals surface area contributed by atoms with Crippen molar-refractivity contribution in [2.75, 3.05) is 0 Å². The van der Waals surface area contributed by atoms with Crippen LogP contribution in [0.25, 0.3) is 0 Å². The van der Waals surface area contributed by atoms with Gasteiger partial charge in [-0.15, -0.1) is 0 Å². The number of nitro groups is 1. The number of allylic oxidation sites excluding steroid dienone is 1. The van der Waals surface area contributed by atoms with Gasteiger partial charge in [-0.3, -0.25) is 14.9 Å². The fraction of sp³-hybridized carbons (Fsp3) is 0. The molecule has 1 aromatic rings. The van der Waals surface area contributed by atoms with Gasteiger partial charge in [0.1, 0.15) is 0 Å². The molecule has 0 unspecified atom stereocenters. The van der Waals surface area contributed by atoms with Crippen LogP contribution in [0.4, 0.5) is 0 Å². The van der Waals surface area contributed by atoms with Crippen LogP contribution in [0, 0.1) is 10.1 Å². The maximum atomic E-state index is 11.7. The molecule has 0 saturated carbocycles. The van der Waals surface area contributed by atoms with Gasteiger partial charge in [-0.1, -0.05) is 30.3 Å². The molecule has 0 aliphatic heterocycles. The molecule has 0 saturated heterocycles. The molecule has 0 aromatic heterocycles. The molecule has 1 rings (SSSR count). The first-order chi connectivity index (χ1) is 7.95. The third-order valence-corrected chi connectivity index (χ3v) is 1.92. The first kappa shape index (κ1) is 12.4. The highest BCUT2D eigenvalue weighted by Gasteiger charge is 2.30. The fourth-order valence-electron chi connectivity index (χ4n) is 1.13. The van der Waals surface area contributed by atoms with E-state index in [1.165, 1.54) is 24.3 Å². The van der Waals surface area contributed by atoms with E-state index in [0.29, 0.717) is 0 Å². The van der Waals surface area contributed by atoms with Crippen LogP contribution in [-0.4, -0.2) is 21.8 Å². The van der Waals surface area contributed by atoms with Crippen molar-refractivity contribution in [1.82, 2.24) is 0 Å². The second kappa shape index (κ2) is 4.88. The minimum atomic E-state index is -1.71. The van der Waals surface area contributed by atoms with Gasteiger partial charge in [0.15, 0.2) is 0 Å². The maximum absolute atomic E-state index is 11.7. The molecule has 1 aromatic carbocycles. The van der Waals surface area contributed by atoms with E-state index in [9.17, 15) is 19.7 Å². The molecule has 0 fully saturated rings. The lowest BCUT2D eigenvalue weighted by Crippen LogP contribution is -2.23. The van der Waals surface area contributed by atoms with Crippen LogP contribution in [0.1, 0.15) is 10.4 Å². The Kier molecular flexibility index (Phi) is 3.55. The number of nitrogens with zero attached hydrogens (tertiary/aromatic N) is 1. The first-order valence-electron chi connectivity index (χ1n) is 4.42. The topological polar surface area (TPSA) is 124 Å². The van der Waals surface area contributed by atoms with Crippen molar-refractivity contribution in [2.24, 2.45) is 5.73 Å². The number of carbonyl (C=O) groups excluding carboxylic acids is 1. The highest BCUT2D eigenvalue weighted by Crippen LogP contribution is 2.11. The summed E-state index contributed by atoms with van der Waals surface area (Å²) < 4.78 is 0. The molecule has 3 N–H and O–H groups in total. The Bertz CT molecular complexity index is 507. The molecule has 7 heteroatoms. The van der Waals surface area contributed by atoms with Gasteiger partial charge >= 0.3 is 11.7 Å². The smallest absolute Gasteiger partial charge is 0.359 e. The van der Waals surface area contributed by atoms with E-state index in [2.05, 4.69) is 0 Å². The molecule has 7 nitrogen and oxygen atoms in total. The molecule has 0 bridgehead atoms. The second-order valence-corrected chi connectivity index (χ2v) is 3.02. The summed E-state index contributed by atoms with van der Waals surface area (Å²) in [6.07, 6.45) is 0. The third-order valence-electron chi connectivity index (χ3n) is 1.92. The van der Waals surface area contributed by atoms with Gasteiger partial charge in [-0.25, -0.2) is 4.79 Å². The standard InChI is InChI=1S/C10H8N2O5/c11-7(10(14)15)8(12(16)17)9(13)6-4-2-1-3-5-6/h1-5H,11H2,(H,14,15). The van der Waals surface area contributed by atoms with Gasteiger partial charge in [0, 0.05) is 5.56 Å². The number of hydrogen-bond donors (Lipinski definition) is 2. The first-order valence-corrected chi connectivity index (χ1v) is 4.42. The van der Waals surface area contributed by atoms with Crippen molar-refractivity contribution in [3.05, 3.63) is 57.4 Å². The van der Waals surface area contributed by atoms with Crippen LogP contribution < -0.4 is 5.73 Å². The number of rotatable bonds is 4. The van der Waals surface area contributed by atoms with Gasteiger partial charge in [-0.2, -0.15) is 0 Å². The van der Waals surface area contributed by atoms with Gasteiger partial charge < -0.3 is 10.8 Å². The maximum Gasteiger partial charge on any atom is 0.359 e. The Morgan fingerprint density at radius 3 is 2.18 bits per heavy atom. The van der Waals surface area contributed by atoms with E-state index in [1.807, 2.05) is 0 Å². The molecule has 0 heterocycles. The average molecular weight is 236 g/mol. The Labute approximate surface area is 95.3 Å². The molecular weight excluding hydrogens is 228 g/mol. The summed E-state index contributed by atoms with van der Waals surface area (Å²) in [4.78, 5) is 31.8. The molecule has 0 spiro atoms. The molecule has 17 heavy (non-hydrogen) atoms. The lowest BCUT2D eigenvalue weighted by atomic mass is 10.1. The summed E-state index contributed by atoms with van der Waals surface area (Å²) >= 11 is 0. The number of benzene rings is 1. The summed E-state index contributed by atoms with van der Waals surface area (Å²) in [5.41, 5.74) is 2.81. The number of aliphatic carboxylic acids is 1. The number of ketones is 1. The number of carboxylic acid groups (broad SMARTS) is 1. The van der Waals surface area contributed by atoms with Gasteiger partial charge in [-0.05, 0) is 0 Å². The molecular formula is C10H8N2O5. The molecule has 0 radical (unpaired) electrons. The summed E-state index contributed by atoms with van der Waals surface area (Å²) in [7, 11) is 0. The van der Waals surface area contributed by atoms with Crippen molar-refractivity contribution in [2.45, 2.75) is 0 Å². The summed E-state index contributed by atoms with van der Waals surface area (Å²) in [6, 6.07) is 7.29. The van der Waals surface area contributed by atoms with Crippen molar-refractivity contribution in [3.8, 4) is 0 Å². The summed E-state index contributed by atoms with van der Waals surface area (Å²) in [5, 5.41) is 19.2. The Hall–Kier alpha value is -2.70. The zero-order valence-electron chi connectivity index (χ0n) is 8.49. The molecule has 0 aliphatic carbocycles. The Balaban J connectivity index is 3.29. The lowest BCUT2D eigenvalue weighted by Gasteiger charge is -2.00. The predicted molar refractivity (Wildman–Crippen MR) is 56.6 cm³/mol. The van der Waals surface area contributed by atoms with Crippen LogP contribution in [0.5, 0.6) is 0 Å². The highest BCUT2D eigenvalue weighted by molar-refractivity contribution is 6.10. The van der Waals surface area contributed by atoms with E-state index in [1.54, 1.807) is 6.07 Å². The quantitative estimate of drug-likeness (QED) is 0.337. The van der Waals surface area contributed by atoms with Crippen molar-refractivity contribution in [1.29, 1.82) is 0 Å². The largest absolute Gasteiger partial charge is 0.476 e. The van der Waals surface area contributed by atoms with Gasteiger partial charge in [0.2, 0.25) is 5.70 Å². The number of carboxylic acids is 1. The van der Waals surface area contributed by atoms with E-state index in [4.69, 9.17) is 10.8 Å². The van der Waals surface area contributed by atoms with E-state index < -0.39 is 28.1 Å². The Morgan fingerprint density at radius 2 is 1.76 bits per heavy atom. The number of carbonyl (C=O) groups is 2. The molecule has 0 amide bonds. The van der Waals surface area contributed by atoms with Crippen LogP contribution in [0.2, 0.25) is 0 Å². The van der Waals surface area contributed by atoms with Crippen molar-refractivity contribution < 1.29 is 19.6 Å². The minimum absolute atomic E-state index is 0.00315. The van der Waals surface area contributed by atoms with Crippen LogP contribution in [-0.2, 0) is 4.79 Å². The van der Waals surface area contributed by atoms with Crippen LogP contribution >= 0.6 is 0 Å². The third kappa shape index (κ3) is 2.65. The molecule has 88 valence electrons. The van der Waals surface area contributed by atoms with Crippen LogP contribution in [0.3, 0.4) is 0 Å². The fourth-order valence-corrected chi connectivity index (χ4v) is 1.13. The van der Waals surface area contributed by atoms with Gasteiger partial charge in [0.05, 0.1) is 4.92 Å². The number of Topliss-reactive ketones (excluding diaryl/α,β-unsaturated/α-hetero) is 1. The Morgan fingerprint density at radius 1 is 1.24 bits per heavy atom. The predicted octanol–water partition coefficient (Wildman–Crippen LogP) is 0.401. The van der Waals surface area contributed by atoms with Crippen LogP contribution in [0.15, 0.2) is 41.7 Å².